The van der Waals surface area contributed by atoms with Gasteiger partial charge >= 0.3 is 0 Å². The van der Waals surface area contributed by atoms with Crippen molar-refractivity contribution in [3.63, 3.8) is 0 Å². The van der Waals surface area contributed by atoms with Crippen LogP contribution in [0.25, 0.3) is 11.1 Å². The Labute approximate surface area is 99.0 Å². The third-order valence-electron chi connectivity index (χ3n) is 2.81. The number of fused-ring (bicyclic) bond motifs is 1. The Morgan fingerprint density at radius 1 is 1.06 bits per heavy atom. The van der Waals surface area contributed by atoms with Gasteiger partial charge in [-0.1, -0.05) is 18.2 Å². The average Bonchev–Trinajstić information content (AvgIpc) is 2.38. The maximum atomic E-state index is 13.1. The zero-order chi connectivity index (χ0) is 11.7. The van der Waals surface area contributed by atoms with Crippen LogP contribution < -0.4 is 10.1 Å². The number of halogens is 1. The lowest BCUT2D eigenvalue weighted by Crippen LogP contribution is -2.17. The number of hydrogen-bond donors (Lipinski definition) is 1. The molecule has 0 saturated carbocycles. The molecule has 2 nitrogen and oxygen atoms in total. The van der Waals surface area contributed by atoms with Gasteiger partial charge in [-0.25, -0.2) is 4.39 Å². The molecule has 2 aromatic rings. The second kappa shape index (κ2) is 4.09. The molecule has 0 unspecified atom stereocenters. The van der Waals surface area contributed by atoms with E-state index >= 15 is 0 Å². The third kappa shape index (κ3) is 1.96. The second-order valence-electron chi connectivity index (χ2n) is 4.00. The Balaban J connectivity index is 2.04. The highest BCUT2D eigenvalue weighted by Crippen LogP contribution is 2.32. The predicted octanol–water partition coefficient (Wildman–Crippen LogP) is 3.30. The molecule has 1 N–H and O–H groups in total. The first-order valence-electron chi connectivity index (χ1n) is 5.59. The zero-order valence-corrected chi connectivity index (χ0v) is 9.24. The molecule has 0 atom stereocenters. The van der Waals surface area contributed by atoms with Crippen molar-refractivity contribution < 1.29 is 9.13 Å². The van der Waals surface area contributed by atoms with E-state index in [2.05, 4.69) is 5.32 Å². The molecule has 0 aliphatic carbocycles. The first kappa shape index (κ1) is 10.1. The third-order valence-corrected chi connectivity index (χ3v) is 2.81. The van der Waals surface area contributed by atoms with Crippen molar-refractivity contribution in [2.75, 3.05) is 18.5 Å². The van der Waals surface area contributed by atoms with Crippen LogP contribution in [-0.4, -0.2) is 13.2 Å². The van der Waals surface area contributed by atoms with E-state index in [9.17, 15) is 4.39 Å². The molecule has 0 saturated heterocycles. The van der Waals surface area contributed by atoms with Crippen LogP contribution in [0.1, 0.15) is 0 Å². The molecular weight excluding hydrogens is 217 g/mol. The molecule has 1 aliphatic heterocycles. The molecule has 0 fully saturated rings. The van der Waals surface area contributed by atoms with E-state index in [1.807, 2.05) is 24.3 Å². The van der Waals surface area contributed by atoms with Gasteiger partial charge in [0.25, 0.3) is 0 Å². The lowest BCUT2D eigenvalue weighted by Gasteiger charge is -2.19. The van der Waals surface area contributed by atoms with Crippen LogP contribution in [0.2, 0.25) is 0 Å². The molecule has 0 amide bonds. The van der Waals surface area contributed by atoms with Crippen LogP contribution in [0.5, 0.6) is 5.75 Å². The predicted molar refractivity (Wildman–Crippen MR) is 65.8 cm³/mol. The van der Waals surface area contributed by atoms with Gasteiger partial charge in [0.15, 0.2) is 0 Å². The van der Waals surface area contributed by atoms with E-state index in [-0.39, 0.29) is 5.82 Å². The number of ether oxygens (including phenoxy) is 1. The lowest BCUT2D eigenvalue weighted by atomic mass is 10.0. The molecule has 0 aromatic heterocycles. The Hall–Kier alpha value is -2.03. The van der Waals surface area contributed by atoms with Gasteiger partial charge in [0, 0.05) is 6.54 Å². The first-order chi connectivity index (χ1) is 8.33. The number of nitrogens with one attached hydrogen (secondary N) is 1. The molecule has 0 spiro atoms. The molecular formula is C14H12FNO. The molecule has 17 heavy (non-hydrogen) atoms. The number of rotatable bonds is 1. The lowest BCUT2D eigenvalue weighted by molar-refractivity contribution is 0.323. The molecule has 3 heteroatoms. The molecule has 0 radical (unpaired) electrons. The minimum atomic E-state index is -0.223. The van der Waals surface area contributed by atoms with Crippen LogP contribution in [0, 0.1) is 5.82 Å². The van der Waals surface area contributed by atoms with E-state index in [1.165, 1.54) is 12.1 Å². The van der Waals surface area contributed by atoms with Gasteiger partial charge in [-0.15, -0.1) is 0 Å². The largest absolute Gasteiger partial charge is 0.490 e. The highest BCUT2D eigenvalue weighted by atomic mass is 19.1. The smallest absolute Gasteiger partial charge is 0.143 e. The summed E-state index contributed by atoms with van der Waals surface area (Å²) in [7, 11) is 0. The van der Waals surface area contributed by atoms with Gasteiger partial charge in [0.2, 0.25) is 0 Å². The van der Waals surface area contributed by atoms with Gasteiger partial charge in [0.1, 0.15) is 18.2 Å². The summed E-state index contributed by atoms with van der Waals surface area (Å²) < 4.78 is 18.7. The van der Waals surface area contributed by atoms with Crippen LogP contribution in [0.15, 0.2) is 42.5 Å². The van der Waals surface area contributed by atoms with Crippen molar-refractivity contribution in [3.05, 3.63) is 48.3 Å². The Kier molecular flexibility index (Phi) is 2.44. The normalized spacial score (nSPS) is 13.5. The standard InChI is InChI=1S/C14H12FNO/c15-12-3-1-2-10(8-12)11-4-5-13-14(9-11)17-7-6-16-13/h1-5,8-9,16H,6-7H2. The van der Waals surface area contributed by atoms with Gasteiger partial charge in [-0.2, -0.15) is 0 Å². The first-order valence-corrected chi connectivity index (χ1v) is 5.59. The minimum absolute atomic E-state index is 0.223. The monoisotopic (exact) mass is 229 g/mol. The maximum absolute atomic E-state index is 13.1. The van der Waals surface area contributed by atoms with E-state index in [0.717, 1.165) is 29.1 Å². The minimum Gasteiger partial charge on any atom is -0.490 e. The maximum Gasteiger partial charge on any atom is 0.143 e. The molecule has 1 aliphatic rings. The molecule has 2 aromatic carbocycles. The Morgan fingerprint density at radius 2 is 1.94 bits per heavy atom. The summed E-state index contributed by atoms with van der Waals surface area (Å²) in [5.74, 6) is 0.609. The van der Waals surface area contributed by atoms with Crippen molar-refractivity contribution in [2.24, 2.45) is 0 Å². The summed E-state index contributed by atoms with van der Waals surface area (Å²) in [4.78, 5) is 0. The summed E-state index contributed by atoms with van der Waals surface area (Å²) in [5, 5.41) is 3.25. The van der Waals surface area contributed by atoms with Crippen LogP contribution in [-0.2, 0) is 0 Å². The summed E-state index contributed by atoms with van der Waals surface area (Å²) in [6.07, 6.45) is 0. The van der Waals surface area contributed by atoms with Crippen molar-refractivity contribution in [2.45, 2.75) is 0 Å². The summed E-state index contributed by atoms with van der Waals surface area (Å²) >= 11 is 0. The van der Waals surface area contributed by atoms with E-state index in [0.29, 0.717) is 6.61 Å². The molecule has 86 valence electrons. The Bertz CT molecular complexity index is 554. The van der Waals surface area contributed by atoms with E-state index in [1.54, 1.807) is 6.07 Å². The summed E-state index contributed by atoms with van der Waals surface area (Å²) in [6, 6.07) is 12.4. The highest BCUT2D eigenvalue weighted by Gasteiger charge is 2.10. The van der Waals surface area contributed by atoms with Crippen LogP contribution >= 0.6 is 0 Å². The van der Waals surface area contributed by atoms with Gasteiger partial charge in [-0.3, -0.25) is 0 Å². The SMILES string of the molecule is Fc1cccc(-c2ccc3c(c2)OCCN3)c1. The highest BCUT2D eigenvalue weighted by molar-refractivity contribution is 5.71. The molecule has 1 heterocycles. The van der Waals surface area contributed by atoms with Crippen LogP contribution in [0.3, 0.4) is 0 Å². The summed E-state index contributed by atoms with van der Waals surface area (Å²) in [6.45, 7) is 1.49. The molecule has 0 bridgehead atoms. The number of hydrogen-bond acceptors (Lipinski definition) is 2. The fraction of sp³-hybridized carbons (Fsp3) is 0.143. The number of anilines is 1. The second-order valence-corrected chi connectivity index (χ2v) is 4.00. The van der Waals surface area contributed by atoms with Gasteiger partial charge in [0.05, 0.1) is 5.69 Å². The fourth-order valence-electron chi connectivity index (χ4n) is 1.98. The average molecular weight is 229 g/mol. The fourth-order valence-corrected chi connectivity index (χ4v) is 1.98. The Morgan fingerprint density at radius 3 is 2.82 bits per heavy atom. The van der Waals surface area contributed by atoms with Gasteiger partial charge in [-0.05, 0) is 35.4 Å². The van der Waals surface area contributed by atoms with Crippen molar-refractivity contribution in [3.8, 4) is 16.9 Å². The van der Waals surface area contributed by atoms with Crippen molar-refractivity contribution in [1.29, 1.82) is 0 Å². The van der Waals surface area contributed by atoms with Gasteiger partial charge < -0.3 is 10.1 Å². The number of benzene rings is 2. The van der Waals surface area contributed by atoms with E-state index in [4.69, 9.17) is 4.74 Å². The summed E-state index contributed by atoms with van der Waals surface area (Å²) in [5.41, 5.74) is 2.82. The van der Waals surface area contributed by atoms with Crippen molar-refractivity contribution >= 4 is 5.69 Å². The zero-order valence-electron chi connectivity index (χ0n) is 9.24. The molecule has 3 rings (SSSR count). The van der Waals surface area contributed by atoms with Crippen molar-refractivity contribution in [1.82, 2.24) is 0 Å². The quantitative estimate of drug-likeness (QED) is 0.810. The van der Waals surface area contributed by atoms with Crippen LogP contribution in [0.4, 0.5) is 10.1 Å². The van der Waals surface area contributed by atoms with E-state index < -0.39 is 0 Å². The topological polar surface area (TPSA) is 21.3 Å².